The van der Waals surface area contributed by atoms with E-state index in [1.54, 1.807) is 19.0 Å². The largest absolute Gasteiger partial charge is 0.510 e. The molecule has 6 atom stereocenters. The summed E-state index contributed by atoms with van der Waals surface area (Å²) in [6, 6.07) is 0.978. The van der Waals surface area contributed by atoms with Gasteiger partial charge in [0.25, 0.3) is 0 Å². The van der Waals surface area contributed by atoms with Gasteiger partial charge in [-0.2, -0.15) is 0 Å². The molecule has 0 spiro atoms. The lowest BCUT2D eigenvalue weighted by Gasteiger charge is -2.55. The van der Waals surface area contributed by atoms with E-state index in [9.17, 15) is 34.8 Å². The Hall–Kier alpha value is -2.75. The molecule has 0 aliphatic heterocycles. The minimum absolute atomic E-state index is 0.0728. The van der Waals surface area contributed by atoms with Crippen molar-refractivity contribution in [2.75, 3.05) is 33.1 Å². The van der Waals surface area contributed by atoms with Crippen LogP contribution in [0, 0.1) is 17.8 Å². The second kappa shape index (κ2) is 8.68. The number of ketones is 3. The van der Waals surface area contributed by atoms with Crippen molar-refractivity contribution in [3.8, 4) is 5.75 Å². The monoisotopic (exact) mass is 500 g/mol. The summed E-state index contributed by atoms with van der Waals surface area (Å²) in [6.45, 7) is 4.93. The number of Topliss-reactive ketones (excluding diaryl/α,β-unsaturated/α-hetero) is 3. The van der Waals surface area contributed by atoms with Crippen LogP contribution in [0.2, 0.25) is 0 Å². The molecule has 3 aliphatic rings. The topological polar surface area (TPSA) is 139 Å². The predicted molar refractivity (Wildman–Crippen MR) is 133 cm³/mol. The lowest BCUT2D eigenvalue weighted by atomic mass is 9.53. The average Bonchev–Trinajstić information content (AvgIpc) is 2.75. The molecule has 36 heavy (non-hydrogen) atoms. The number of nitrogens with zero attached hydrogens (tertiary/aromatic N) is 2. The van der Waals surface area contributed by atoms with Gasteiger partial charge in [-0.15, -0.1) is 0 Å². The second-order valence-corrected chi connectivity index (χ2v) is 11.3. The maximum Gasteiger partial charge on any atom is 0.204 e. The molecule has 9 heteroatoms. The number of rotatable bonds is 4. The van der Waals surface area contributed by atoms with Crippen LogP contribution in [0.15, 0.2) is 17.4 Å². The first-order chi connectivity index (χ1) is 16.7. The number of phenols is 1. The van der Waals surface area contributed by atoms with Crippen molar-refractivity contribution in [2.24, 2.45) is 17.8 Å². The number of anilines is 1. The number of carbonyl (C=O) groups excluding carboxylic acids is 3. The van der Waals surface area contributed by atoms with E-state index in [4.69, 9.17) is 0 Å². The van der Waals surface area contributed by atoms with E-state index >= 15 is 0 Å². The molecule has 0 amide bonds. The Morgan fingerprint density at radius 3 is 2.25 bits per heavy atom. The molecule has 196 valence electrons. The van der Waals surface area contributed by atoms with Crippen molar-refractivity contribution in [3.05, 3.63) is 34.1 Å². The minimum atomic E-state index is -2.44. The Bertz CT molecular complexity index is 1190. The molecule has 4 N–H and O–H groups in total. The molecule has 3 aliphatic carbocycles. The van der Waals surface area contributed by atoms with Crippen molar-refractivity contribution in [3.63, 3.8) is 0 Å². The van der Waals surface area contributed by atoms with Crippen molar-refractivity contribution in [1.82, 2.24) is 4.90 Å². The van der Waals surface area contributed by atoms with Gasteiger partial charge in [0.05, 0.1) is 17.5 Å². The van der Waals surface area contributed by atoms with Gasteiger partial charge in [-0.3, -0.25) is 19.3 Å². The highest BCUT2D eigenvalue weighted by atomic mass is 16.4. The predicted octanol–water partition coefficient (Wildman–Crippen LogP) is 1.58. The first-order valence-electron chi connectivity index (χ1n) is 12.3. The first-order valence-corrected chi connectivity index (χ1v) is 12.3. The van der Waals surface area contributed by atoms with Crippen molar-refractivity contribution >= 4 is 23.0 Å². The second-order valence-electron chi connectivity index (χ2n) is 11.3. The number of aliphatic hydroxyl groups is 3. The van der Waals surface area contributed by atoms with Gasteiger partial charge in [-0.1, -0.05) is 13.8 Å². The molecule has 9 nitrogen and oxygen atoms in total. The molecular formula is C27H36N2O7. The molecule has 1 saturated carbocycles. The summed E-state index contributed by atoms with van der Waals surface area (Å²) in [5.41, 5.74) is -0.818. The lowest BCUT2D eigenvalue weighted by molar-refractivity contribution is -0.190. The van der Waals surface area contributed by atoms with Crippen molar-refractivity contribution in [1.29, 1.82) is 0 Å². The van der Waals surface area contributed by atoms with E-state index in [0.29, 0.717) is 17.5 Å². The fraction of sp³-hybridized carbons (Fsp3) is 0.593. The van der Waals surface area contributed by atoms with Gasteiger partial charge >= 0.3 is 0 Å². The van der Waals surface area contributed by atoms with Crippen LogP contribution in [0.1, 0.15) is 54.6 Å². The van der Waals surface area contributed by atoms with Gasteiger partial charge in [-0.25, -0.2) is 0 Å². The Labute approximate surface area is 211 Å². The third-order valence-corrected chi connectivity index (χ3v) is 8.37. The van der Waals surface area contributed by atoms with Crippen LogP contribution < -0.4 is 4.90 Å². The normalized spacial score (nSPS) is 31.9. The summed E-state index contributed by atoms with van der Waals surface area (Å²) in [6.07, 6.45) is -1.32. The number of fused-ring (bicyclic) bond motifs is 3. The van der Waals surface area contributed by atoms with Crippen LogP contribution in [0.3, 0.4) is 0 Å². The molecule has 1 aromatic rings. The van der Waals surface area contributed by atoms with Crippen molar-refractivity contribution in [2.45, 2.75) is 57.3 Å². The van der Waals surface area contributed by atoms with E-state index < -0.39 is 64.2 Å². The van der Waals surface area contributed by atoms with Gasteiger partial charge < -0.3 is 25.3 Å². The SMILES string of the molecule is CC(=O)C1=C(O)[C@@H](N(C)C)[C@@H]2C[C@@H]3Cc4c(N(C)C)cc(C(C)C)c(O)c4C(=O)C3C(O)[C@]2(O)C1=O. The van der Waals surface area contributed by atoms with Gasteiger partial charge in [0.1, 0.15) is 23.2 Å². The number of hydrogen-bond acceptors (Lipinski definition) is 9. The van der Waals surface area contributed by atoms with Crippen LogP contribution in [-0.4, -0.2) is 88.6 Å². The number of aromatic hydroxyl groups is 1. The van der Waals surface area contributed by atoms with Crippen LogP contribution in [0.5, 0.6) is 5.75 Å². The quantitative estimate of drug-likeness (QED) is 0.454. The van der Waals surface area contributed by atoms with Gasteiger partial charge in [0, 0.05) is 25.7 Å². The molecule has 1 aromatic carbocycles. The van der Waals surface area contributed by atoms with Gasteiger partial charge in [0.2, 0.25) is 5.78 Å². The molecule has 0 heterocycles. The fourth-order valence-electron chi connectivity index (χ4n) is 6.70. The Morgan fingerprint density at radius 2 is 1.75 bits per heavy atom. The molecule has 0 aromatic heterocycles. The molecule has 1 fully saturated rings. The zero-order valence-corrected chi connectivity index (χ0v) is 21.9. The van der Waals surface area contributed by atoms with Gasteiger partial charge in [-0.05, 0) is 62.9 Å². The Balaban J connectivity index is 1.93. The Kier molecular flexibility index (Phi) is 6.34. The molecule has 0 saturated heterocycles. The minimum Gasteiger partial charge on any atom is -0.510 e. The van der Waals surface area contributed by atoms with Crippen LogP contribution in [-0.2, 0) is 16.0 Å². The maximum atomic E-state index is 14.0. The number of hydrogen-bond donors (Lipinski definition) is 4. The van der Waals surface area contributed by atoms with Crippen LogP contribution in [0.4, 0.5) is 5.69 Å². The summed E-state index contributed by atoms with van der Waals surface area (Å²) in [5.74, 6) is -5.49. The third-order valence-electron chi connectivity index (χ3n) is 8.37. The summed E-state index contributed by atoms with van der Waals surface area (Å²) >= 11 is 0. The van der Waals surface area contributed by atoms with E-state index in [-0.39, 0.29) is 23.7 Å². The molecule has 2 unspecified atom stereocenters. The summed E-state index contributed by atoms with van der Waals surface area (Å²) in [4.78, 5) is 43.2. The fourth-order valence-corrected chi connectivity index (χ4v) is 6.70. The molecular weight excluding hydrogens is 464 g/mol. The van der Waals surface area contributed by atoms with Gasteiger partial charge in [0.15, 0.2) is 17.2 Å². The number of benzene rings is 1. The maximum absolute atomic E-state index is 14.0. The summed E-state index contributed by atoms with van der Waals surface area (Å²) < 4.78 is 0. The number of likely N-dealkylation sites (N-methyl/N-ethyl adjacent to an activating group) is 1. The van der Waals surface area contributed by atoms with Crippen molar-refractivity contribution < 1.29 is 34.8 Å². The highest BCUT2D eigenvalue weighted by molar-refractivity contribution is 6.24. The average molecular weight is 501 g/mol. The van der Waals surface area contributed by atoms with Crippen LogP contribution in [0.25, 0.3) is 0 Å². The van der Waals surface area contributed by atoms with E-state index in [1.165, 1.54) is 0 Å². The third kappa shape index (κ3) is 3.43. The smallest absolute Gasteiger partial charge is 0.204 e. The Morgan fingerprint density at radius 1 is 1.14 bits per heavy atom. The number of aliphatic hydroxyl groups excluding tert-OH is 2. The molecule has 0 bridgehead atoms. The highest BCUT2D eigenvalue weighted by Gasteiger charge is 2.66. The van der Waals surface area contributed by atoms with E-state index in [2.05, 4.69) is 0 Å². The number of phenolic OH excluding ortho intramolecular Hbond substituents is 1. The summed E-state index contributed by atoms with van der Waals surface area (Å²) in [7, 11) is 7.03. The lowest BCUT2D eigenvalue weighted by Crippen LogP contribution is -2.71. The number of carbonyl (C=O) groups is 3. The van der Waals surface area contributed by atoms with E-state index in [0.717, 1.165) is 12.6 Å². The zero-order chi connectivity index (χ0) is 27.0. The first kappa shape index (κ1) is 26.3. The van der Waals surface area contributed by atoms with Crippen LogP contribution >= 0.6 is 0 Å². The highest BCUT2D eigenvalue weighted by Crippen LogP contribution is 2.54. The summed E-state index contributed by atoms with van der Waals surface area (Å²) in [5, 5.41) is 45.4. The molecule has 0 radical (unpaired) electrons. The zero-order valence-electron chi connectivity index (χ0n) is 21.9. The van der Waals surface area contributed by atoms with E-state index in [1.807, 2.05) is 38.9 Å². The standard InChI is InChI=1S/C27H36N2O7/c1-11(2)14-10-17(28(4)5)15-8-13-9-16-21(29(6)7)24(33)18(12(3)30)25(34)27(16,36)26(35)19(13)23(32)20(15)22(14)31/h10-11,13,16,19,21,26,31,33,35-36H,8-9H2,1-7H3/t13-,16-,19?,21-,26?,27+/m0/s1. The molecule has 4 rings (SSSR count).